The molecule has 1 aromatic heterocycles. The minimum absolute atomic E-state index is 0.985. The number of fused-ring (bicyclic) bond motifs is 3. The fourth-order valence-electron chi connectivity index (χ4n) is 6.25. The number of nitrogens with zero attached hydrogens (tertiary/aromatic N) is 2. The molecule has 8 rings (SSSR count). The monoisotopic (exact) mass is 592 g/mol. The van der Waals surface area contributed by atoms with Crippen molar-refractivity contribution >= 4 is 61.6 Å². The van der Waals surface area contributed by atoms with Gasteiger partial charge in [0.15, 0.2) is 0 Å². The summed E-state index contributed by atoms with van der Waals surface area (Å²) in [7, 11) is 0. The van der Waals surface area contributed by atoms with E-state index in [9.17, 15) is 0 Å². The van der Waals surface area contributed by atoms with Crippen LogP contribution in [0.5, 0.6) is 0 Å². The molecule has 0 unspecified atom stereocenters. The van der Waals surface area contributed by atoms with Gasteiger partial charge in [0.25, 0.3) is 0 Å². The molecule has 0 aliphatic heterocycles. The molecule has 8 aromatic rings. The Balaban J connectivity index is 1.25. The Morgan fingerprint density at radius 1 is 0.348 bits per heavy atom. The normalized spacial score (nSPS) is 11.0. The molecule has 4 nitrogen and oxygen atoms in total. The van der Waals surface area contributed by atoms with Crippen molar-refractivity contribution in [3.8, 4) is 5.69 Å². The number of nitrogens with one attached hydrogen (secondary N) is 2. The lowest BCUT2D eigenvalue weighted by Gasteiger charge is -2.27. The molecule has 0 bridgehead atoms. The van der Waals surface area contributed by atoms with Gasteiger partial charge in [0.2, 0.25) is 0 Å². The molecule has 7 aromatic carbocycles. The van der Waals surface area contributed by atoms with Crippen molar-refractivity contribution < 1.29 is 0 Å². The van der Waals surface area contributed by atoms with Crippen LogP contribution in [0.25, 0.3) is 27.5 Å². The highest BCUT2D eigenvalue weighted by atomic mass is 15.1. The molecule has 0 radical (unpaired) electrons. The summed E-state index contributed by atoms with van der Waals surface area (Å²) < 4.78 is 2.34. The molecule has 4 heteroatoms. The van der Waals surface area contributed by atoms with Gasteiger partial charge in [-0.2, -0.15) is 0 Å². The molecule has 0 saturated carbocycles. The zero-order valence-electron chi connectivity index (χ0n) is 25.2. The average Bonchev–Trinajstić information content (AvgIpc) is 3.44. The molecule has 46 heavy (non-hydrogen) atoms. The fraction of sp³-hybridized carbons (Fsp3) is 0. The molecule has 0 saturated heterocycles. The Kier molecular flexibility index (Phi) is 7.14. The van der Waals surface area contributed by atoms with Crippen LogP contribution in [0.2, 0.25) is 0 Å². The number of hydrogen-bond acceptors (Lipinski definition) is 3. The maximum atomic E-state index is 3.76. The first-order chi connectivity index (χ1) is 22.8. The smallest absolute Gasteiger partial charge is 0.0542 e. The summed E-state index contributed by atoms with van der Waals surface area (Å²) in [5.74, 6) is 0. The zero-order chi connectivity index (χ0) is 30.7. The predicted octanol–water partition coefficient (Wildman–Crippen LogP) is 11.7. The lowest BCUT2D eigenvalue weighted by molar-refractivity contribution is 1.18. The van der Waals surface area contributed by atoms with E-state index >= 15 is 0 Å². The van der Waals surface area contributed by atoms with Gasteiger partial charge in [0.05, 0.1) is 16.7 Å². The van der Waals surface area contributed by atoms with Gasteiger partial charge in [-0.1, -0.05) is 91.0 Å². The van der Waals surface area contributed by atoms with Gasteiger partial charge in [-0.25, -0.2) is 0 Å². The lowest BCUT2D eigenvalue weighted by Crippen LogP contribution is -2.10. The summed E-state index contributed by atoms with van der Waals surface area (Å²) >= 11 is 0. The molecule has 0 amide bonds. The van der Waals surface area contributed by atoms with E-state index in [-0.39, 0.29) is 0 Å². The van der Waals surface area contributed by atoms with E-state index < -0.39 is 0 Å². The van der Waals surface area contributed by atoms with E-state index in [0.29, 0.717) is 0 Å². The number of para-hydroxylation sites is 5. The Hall–Kier alpha value is -6.26. The van der Waals surface area contributed by atoms with Crippen molar-refractivity contribution in [2.45, 2.75) is 0 Å². The van der Waals surface area contributed by atoms with E-state index in [1.54, 1.807) is 0 Å². The van der Waals surface area contributed by atoms with E-state index in [1.807, 2.05) is 18.2 Å². The largest absolute Gasteiger partial charge is 0.355 e. The van der Waals surface area contributed by atoms with Crippen molar-refractivity contribution in [2.75, 3.05) is 15.5 Å². The molecule has 0 aliphatic carbocycles. The average molecular weight is 593 g/mol. The lowest BCUT2D eigenvalue weighted by atomic mass is 10.1. The number of benzene rings is 7. The van der Waals surface area contributed by atoms with E-state index in [1.165, 1.54) is 21.8 Å². The third-order valence-corrected chi connectivity index (χ3v) is 8.24. The molecule has 0 aliphatic rings. The van der Waals surface area contributed by atoms with Crippen molar-refractivity contribution in [3.63, 3.8) is 0 Å². The SMILES string of the molecule is c1ccc(Nc2cc(Nc3ccc4c(c3)c3ccccc3n4-c3ccccc3)cc(N(c3ccccc3)c3ccccc3)c2)cc1. The Labute approximate surface area is 268 Å². The summed E-state index contributed by atoms with van der Waals surface area (Å²) in [4.78, 5) is 2.29. The zero-order valence-corrected chi connectivity index (χ0v) is 25.2. The summed E-state index contributed by atoms with van der Waals surface area (Å²) in [6, 6.07) is 63.8. The molecule has 0 atom stereocenters. The van der Waals surface area contributed by atoms with Crippen LogP contribution in [-0.4, -0.2) is 4.57 Å². The van der Waals surface area contributed by atoms with Crippen LogP contribution in [0.1, 0.15) is 0 Å². The highest BCUT2D eigenvalue weighted by Crippen LogP contribution is 2.39. The first-order valence-electron chi connectivity index (χ1n) is 15.5. The minimum atomic E-state index is 0.985. The summed E-state index contributed by atoms with van der Waals surface area (Å²) in [5.41, 5.74) is 10.8. The van der Waals surface area contributed by atoms with E-state index in [2.05, 4.69) is 184 Å². The fourth-order valence-corrected chi connectivity index (χ4v) is 6.25. The van der Waals surface area contributed by atoms with Crippen molar-refractivity contribution in [1.29, 1.82) is 0 Å². The van der Waals surface area contributed by atoms with Crippen LogP contribution in [0.15, 0.2) is 182 Å². The molecule has 0 spiro atoms. The van der Waals surface area contributed by atoms with Gasteiger partial charge in [0, 0.05) is 50.6 Å². The van der Waals surface area contributed by atoms with Crippen molar-refractivity contribution in [2.24, 2.45) is 0 Å². The van der Waals surface area contributed by atoms with Gasteiger partial charge < -0.3 is 20.1 Å². The summed E-state index contributed by atoms with van der Waals surface area (Å²) in [6.45, 7) is 0. The second kappa shape index (κ2) is 12.0. The number of anilines is 7. The number of hydrogen-bond donors (Lipinski definition) is 2. The highest BCUT2D eigenvalue weighted by Gasteiger charge is 2.16. The predicted molar refractivity (Wildman–Crippen MR) is 195 cm³/mol. The molecule has 220 valence electrons. The number of aromatic nitrogens is 1. The summed E-state index contributed by atoms with van der Waals surface area (Å²) in [6.07, 6.45) is 0. The molecule has 2 N–H and O–H groups in total. The van der Waals surface area contributed by atoms with Crippen molar-refractivity contribution in [3.05, 3.63) is 182 Å². The third-order valence-electron chi connectivity index (χ3n) is 8.24. The second-order valence-corrected chi connectivity index (χ2v) is 11.3. The van der Waals surface area contributed by atoms with Gasteiger partial charge in [-0.05, 0) is 91.0 Å². The topological polar surface area (TPSA) is 32.2 Å². The Bertz CT molecular complexity index is 2200. The van der Waals surface area contributed by atoms with Gasteiger partial charge in [-0.15, -0.1) is 0 Å². The maximum absolute atomic E-state index is 3.76. The van der Waals surface area contributed by atoms with Crippen LogP contribution < -0.4 is 15.5 Å². The quantitative estimate of drug-likeness (QED) is 0.184. The van der Waals surface area contributed by atoms with Crippen LogP contribution in [0.3, 0.4) is 0 Å². The standard InChI is InChI=1S/C42H32N4/c1-5-15-31(16-6-1)43-33-27-34(29-38(28-33)45(35-17-7-2-8-18-35)36-19-9-3-10-20-36)44-32-25-26-42-40(30-32)39-23-13-14-24-41(39)46(42)37-21-11-4-12-22-37/h1-30,43-44H. The van der Waals surface area contributed by atoms with Crippen LogP contribution >= 0.6 is 0 Å². The third kappa shape index (κ3) is 5.33. The maximum Gasteiger partial charge on any atom is 0.0542 e. The Morgan fingerprint density at radius 3 is 1.52 bits per heavy atom. The molecule has 0 fully saturated rings. The van der Waals surface area contributed by atoms with Crippen LogP contribution in [0, 0.1) is 0 Å². The summed E-state index contributed by atoms with van der Waals surface area (Å²) in [5, 5.41) is 9.83. The van der Waals surface area contributed by atoms with Gasteiger partial charge in [-0.3, -0.25) is 0 Å². The van der Waals surface area contributed by atoms with Crippen molar-refractivity contribution in [1.82, 2.24) is 4.57 Å². The second-order valence-electron chi connectivity index (χ2n) is 11.3. The number of rotatable bonds is 8. The highest BCUT2D eigenvalue weighted by molar-refractivity contribution is 6.10. The minimum Gasteiger partial charge on any atom is -0.355 e. The Morgan fingerprint density at radius 2 is 0.870 bits per heavy atom. The van der Waals surface area contributed by atoms with E-state index in [4.69, 9.17) is 0 Å². The first-order valence-corrected chi connectivity index (χ1v) is 15.5. The molecular weight excluding hydrogens is 560 g/mol. The molecule has 1 heterocycles. The van der Waals surface area contributed by atoms with Gasteiger partial charge >= 0.3 is 0 Å². The first kappa shape index (κ1) is 27.3. The molecular formula is C42H32N4. The van der Waals surface area contributed by atoms with Crippen LogP contribution in [0.4, 0.5) is 39.8 Å². The van der Waals surface area contributed by atoms with Crippen LogP contribution in [-0.2, 0) is 0 Å². The van der Waals surface area contributed by atoms with E-state index in [0.717, 1.165) is 45.5 Å². The van der Waals surface area contributed by atoms with Gasteiger partial charge in [0.1, 0.15) is 0 Å².